The topological polar surface area (TPSA) is 96.5 Å². The monoisotopic (exact) mass is 225 g/mol. The van der Waals surface area contributed by atoms with Crippen LogP contribution in [0, 0.1) is 0 Å². The molecule has 0 radical (unpaired) electrons. The standard InChI is InChI=1S/C10H11NO5/c1-16-10(15)7-4-6(5-11-7)8(12)2-3-9(13)14/h4-5,11H,2-3H2,1H3,(H,13,14). The Hall–Kier alpha value is -2.11. The summed E-state index contributed by atoms with van der Waals surface area (Å²) in [6.45, 7) is 0. The number of carbonyl (C=O) groups excluding carboxylic acids is 2. The van der Waals surface area contributed by atoms with Gasteiger partial charge in [-0.05, 0) is 6.07 Å². The van der Waals surface area contributed by atoms with Gasteiger partial charge in [-0.25, -0.2) is 4.79 Å². The zero-order valence-electron chi connectivity index (χ0n) is 8.65. The maximum absolute atomic E-state index is 11.4. The lowest BCUT2D eigenvalue weighted by Gasteiger charge is -1.94. The number of hydrogen-bond acceptors (Lipinski definition) is 4. The van der Waals surface area contributed by atoms with Gasteiger partial charge in [-0.2, -0.15) is 0 Å². The third-order valence-electron chi connectivity index (χ3n) is 1.98. The molecular formula is C10H11NO5. The number of H-pyrrole nitrogens is 1. The van der Waals surface area contributed by atoms with Gasteiger partial charge in [-0.1, -0.05) is 0 Å². The van der Waals surface area contributed by atoms with Gasteiger partial charge in [-0.3, -0.25) is 9.59 Å². The molecule has 1 rings (SSSR count). The number of hydrogen-bond donors (Lipinski definition) is 2. The van der Waals surface area contributed by atoms with Crippen LogP contribution < -0.4 is 0 Å². The number of aromatic nitrogens is 1. The highest BCUT2D eigenvalue weighted by molar-refractivity contribution is 5.99. The Kier molecular flexibility index (Phi) is 3.82. The molecule has 6 nitrogen and oxygen atoms in total. The summed E-state index contributed by atoms with van der Waals surface area (Å²) in [4.78, 5) is 35.3. The quantitative estimate of drug-likeness (QED) is 0.572. The van der Waals surface area contributed by atoms with Crippen molar-refractivity contribution in [2.45, 2.75) is 12.8 Å². The summed E-state index contributed by atoms with van der Waals surface area (Å²) in [5.41, 5.74) is 0.447. The highest BCUT2D eigenvalue weighted by Gasteiger charge is 2.13. The average molecular weight is 225 g/mol. The van der Waals surface area contributed by atoms with Gasteiger partial charge >= 0.3 is 11.9 Å². The van der Waals surface area contributed by atoms with Crippen molar-refractivity contribution in [2.24, 2.45) is 0 Å². The molecule has 0 saturated carbocycles. The predicted octanol–water partition coefficient (Wildman–Crippen LogP) is 0.849. The molecule has 0 aliphatic rings. The number of carbonyl (C=O) groups is 3. The second kappa shape index (κ2) is 5.11. The average Bonchev–Trinajstić information content (AvgIpc) is 2.74. The maximum atomic E-state index is 11.4. The number of aromatic amines is 1. The third-order valence-corrected chi connectivity index (χ3v) is 1.98. The van der Waals surface area contributed by atoms with E-state index >= 15 is 0 Å². The van der Waals surface area contributed by atoms with E-state index in [9.17, 15) is 14.4 Å². The molecule has 0 unspecified atom stereocenters. The summed E-state index contributed by atoms with van der Waals surface area (Å²) in [7, 11) is 1.23. The number of rotatable bonds is 5. The van der Waals surface area contributed by atoms with Crippen molar-refractivity contribution in [3.63, 3.8) is 0 Å². The lowest BCUT2D eigenvalue weighted by molar-refractivity contribution is -0.136. The van der Waals surface area contributed by atoms with Gasteiger partial charge in [0, 0.05) is 18.2 Å². The van der Waals surface area contributed by atoms with Gasteiger partial charge in [0.15, 0.2) is 5.78 Å². The largest absolute Gasteiger partial charge is 0.481 e. The second-order valence-corrected chi connectivity index (χ2v) is 3.11. The van der Waals surface area contributed by atoms with Crippen LogP contribution in [0.15, 0.2) is 12.3 Å². The van der Waals surface area contributed by atoms with E-state index in [1.165, 1.54) is 19.4 Å². The minimum absolute atomic E-state index is 0.0895. The van der Waals surface area contributed by atoms with E-state index in [1.807, 2.05) is 0 Å². The van der Waals surface area contributed by atoms with Crippen molar-refractivity contribution < 1.29 is 24.2 Å². The minimum atomic E-state index is -1.03. The highest BCUT2D eigenvalue weighted by Crippen LogP contribution is 2.08. The summed E-state index contributed by atoms with van der Waals surface area (Å²) in [5, 5.41) is 8.41. The lowest BCUT2D eigenvalue weighted by atomic mass is 10.1. The summed E-state index contributed by atoms with van der Waals surface area (Å²) >= 11 is 0. The first-order chi connectivity index (χ1) is 7.54. The molecule has 1 heterocycles. The van der Waals surface area contributed by atoms with Crippen LogP contribution in [0.3, 0.4) is 0 Å². The first-order valence-corrected chi connectivity index (χ1v) is 4.56. The molecule has 0 atom stereocenters. The Morgan fingerprint density at radius 3 is 2.62 bits per heavy atom. The Morgan fingerprint density at radius 1 is 1.38 bits per heavy atom. The number of aliphatic carboxylic acids is 1. The van der Waals surface area contributed by atoms with Crippen LogP contribution in [0.4, 0.5) is 0 Å². The fourth-order valence-electron chi connectivity index (χ4n) is 1.15. The highest BCUT2D eigenvalue weighted by atomic mass is 16.5. The van der Waals surface area contributed by atoms with Crippen molar-refractivity contribution in [1.29, 1.82) is 0 Å². The molecule has 0 aromatic carbocycles. The molecular weight excluding hydrogens is 214 g/mol. The minimum Gasteiger partial charge on any atom is -0.481 e. The van der Waals surface area contributed by atoms with Crippen LogP contribution >= 0.6 is 0 Å². The molecule has 0 aliphatic heterocycles. The zero-order chi connectivity index (χ0) is 12.1. The number of carboxylic acid groups (broad SMARTS) is 1. The van der Waals surface area contributed by atoms with E-state index in [0.717, 1.165) is 0 Å². The molecule has 0 bridgehead atoms. The Morgan fingerprint density at radius 2 is 2.06 bits per heavy atom. The SMILES string of the molecule is COC(=O)c1cc(C(=O)CCC(=O)O)c[nH]1. The van der Waals surface area contributed by atoms with E-state index in [-0.39, 0.29) is 29.9 Å². The van der Waals surface area contributed by atoms with Gasteiger partial charge in [0.1, 0.15) is 5.69 Å². The molecule has 0 fully saturated rings. The van der Waals surface area contributed by atoms with Gasteiger partial charge in [0.05, 0.1) is 13.5 Å². The van der Waals surface area contributed by atoms with E-state index in [0.29, 0.717) is 0 Å². The van der Waals surface area contributed by atoms with Gasteiger partial charge in [0.2, 0.25) is 0 Å². The Bertz CT molecular complexity index is 421. The number of esters is 1. The smallest absolute Gasteiger partial charge is 0.354 e. The molecule has 0 amide bonds. The molecule has 6 heteroatoms. The zero-order valence-corrected chi connectivity index (χ0v) is 8.65. The number of nitrogens with one attached hydrogen (secondary N) is 1. The molecule has 16 heavy (non-hydrogen) atoms. The molecule has 0 aliphatic carbocycles. The summed E-state index contributed by atoms with van der Waals surface area (Å²) in [6.07, 6.45) is 1.04. The first-order valence-electron chi connectivity index (χ1n) is 4.56. The second-order valence-electron chi connectivity index (χ2n) is 3.11. The fourth-order valence-corrected chi connectivity index (χ4v) is 1.15. The molecule has 1 aromatic rings. The van der Waals surface area contributed by atoms with Gasteiger partial charge < -0.3 is 14.8 Å². The van der Waals surface area contributed by atoms with Crippen molar-refractivity contribution in [1.82, 2.24) is 4.98 Å². The summed E-state index contributed by atoms with van der Waals surface area (Å²) in [5.74, 6) is -1.93. The summed E-state index contributed by atoms with van der Waals surface area (Å²) in [6, 6.07) is 1.34. The molecule has 0 saturated heterocycles. The summed E-state index contributed by atoms with van der Waals surface area (Å²) < 4.78 is 4.45. The Labute approximate surface area is 91.2 Å². The van der Waals surface area contributed by atoms with Crippen molar-refractivity contribution in [3.8, 4) is 0 Å². The number of Topliss-reactive ketones (excluding diaryl/α,β-unsaturated/α-hetero) is 1. The van der Waals surface area contributed by atoms with Crippen molar-refractivity contribution in [2.75, 3.05) is 7.11 Å². The van der Waals surface area contributed by atoms with Crippen LogP contribution in [0.1, 0.15) is 33.7 Å². The number of carboxylic acids is 1. The number of methoxy groups -OCH3 is 1. The van der Waals surface area contributed by atoms with E-state index in [4.69, 9.17) is 5.11 Å². The first kappa shape index (κ1) is 12.0. The van der Waals surface area contributed by atoms with Crippen LogP contribution in [0.2, 0.25) is 0 Å². The number of ether oxygens (including phenoxy) is 1. The Balaban J connectivity index is 2.67. The molecule has 2 N–H and O–H groups in total. The van der Waals surface area contributed by atoms with Crippen molar-refractivity contribution >= 4 is 17.7 Å². The lowest BCUT2D eigenvalue weighted by Crippen LogP contribution is -2.03. The van der Waals surface area contributed by atoms with Crippen LogP contribution in [0.5, 0.6) is 0 Å². The van der Waals surface area contributed by atoms with Crippen LogP contribution in [-0.2, 0) is 9.53 Å². The van der Waals surface area contributed by atoms with Crippen molar-refractivity contribution in [3.05, 3.63) is 23.5 Å². The molecule has 1 aromatic heterocycles. The predicted molar refractivity (Wildman–Crippen MR) is 53.3 cm³/mol. The van der Waals surface area contributed by atoms with Gasteiger partial charge in [0.25, 0.3) is 0 Å². The fraction of sp³-hybridized carbons (Fsp3) is 0.300. The maximum Gasteiger partial charge on any atom is 0.354 e. The van der Waals surface area contributed by atoms with Crippen LogP contribution in [-0.4, -0.2) is 34.9 Å². The molecule has 86 valence electrons. The third kappa shape index (κ3) is 2.94. The van der Waals surface area contributed by atoms with E-state index in [2.05, 4.69) is 9.72 Å². The van der Waals surface area contributed by atoms with E-state index < -0.39 is 11.9 Å². The van der Waals surface area contributed by atoms with E-state index in [1.54, 1.807) is 0 Å². The normalized spacial score (nSPS) is 9.81. The van der Waals surface area contributed by atoms with Crippen LogP contribution in [0.25, 0.3) is 0 Å². The number of ketones is 1. The van der Waals surface area contributed by atoms with Gasteiger partial charge in [-0.15, -0.1) is 0 Å². The molecule has 0 spiro atoms.